The molecule has 0 fully saturated rings. The summed E-state index contributed by atoms with van der Waals surface area (Å²) in [6.07, 6.45) is 4.00. The summed E-state index contributed by atoms with van der Waals surface area (Å²) in [5, 5.41) is 9.59. The highest BCUT2D eigenvalue weighted by Gasteiger charge is 2.06. The molecule has 0 aliphatic heterocycles. The first kappa shape index (κ1) is 11.4. The first-order valence-electron chi connectivity index (χ1n) is 4.23. The van der Waals surface area contributed by atoms with Crippen LogP contribution >= 0.6 is 0 Å². The topological polar surface area (TPSA) is 23.5 Å². The molecule has 0 radical (unpaired) electrons. The van der Waals surface area contributed by atoms with Gasteiger partial charge in [-0.2, -0.15) is 0 Å². The molecule has 70 valence electrons. The quantitative estimate of drug-likeness (QED) is 0.629. The van der Waals surface area contributed by atoms with Gasteiger partial charge in [0.15, 0.2) is 0 Å². The molecule has 0 rings (SSSR count). The molecular formula is C10H19NO. The van der Waals surface area contributed by atoms with Gasteiger partial charge in [-0.15, -0.1) is 0 Å². The Morgan fingerprint density at radius 3 is 2.50 bits per heavy atom. The lowest BCUT2D eigenvalue weighted by Gasteiger charge is -2.14. The molecule has 1 N–H and O–H groups in total. The van der Waals surface area contributed by atoms with Crippen LogP contribution in [-0.4, -0.2) is 36.8 Å². The van der Waals surface area contributed by atoms with Crippen LogP contribution in [0.5, 0.6) is 0 Å². The Labute approximate surface area is 75.2 Å². The molecule has 0 amide bonds. The normalized spacial score (nSPS) is 14.9. The number of allylic oxidation sites excluding steroid dienone is 1. The minimum absolute atomic E-state index is 0.366. The largest absolute Gasteiger partial charge is 0.388 e. The highest BCUT2D eigenvalue weighted by atomic mass is 16.3. The second-order valence-electron chi connectivity index (χ2n) is 3.10. The molecular weight excluding hydrogens is 150 g/mol. The number of hydrogen-bond donors (Lipinski definition) is 1. The van der Waals surface area contributed by atoms with Gasteiger partial charge in [0.25, 0.3) is 0 Å². The van der Waals surface area contributed by atoms with E-state index in [9.17, 15) is 5.11 Å². The number of hydrogen-bond acceptors (Lipinski definition) is 2. The maximum Gasteiger partial charge on any atom is 0.0798 e. The summed E-state index contributed by atoms with van der Waals surface area (Å²) in [5.41, 5.74) is 0.914. The third kappa shape index (κ3) is 4.31. The molecule has 0 saturated heterocycles. The Morgan fingerprint density at radius 1 is 1.58 bits per heavy atom. The average molecular weight is 169 g/mol. The lowest BCUT2D eigenvalue weighted by atomic mass is 10.1. The first-order chi connectivity index (χ1) is 5.61. The second kappa shape index (κ2) is 5.98. The lowest BCUT2D eigenvalue weighted by molar-refractivity contribution is 0.188. The van der Waals surface area contributed by atoms with E-state index in [-0.39, 0.29) is 6.10 Å². The van der Waals surface area contributed by atoms with Gasteiger partial charge in [-0.3, -0.25) is 0 Å². The minimum atomic E-state index is -0.366. The summed E-state index contributed by atoms with van der Waals surface area (Å²) in [6.45, 7) is 6.45. The van der Waals surface area contributed by atoms with Crippen molar-refractivity contribution >= 4 is 0 Å². The average Bonchev–Trinajstić information content (AvgIpc) is 2.03. The van der Waals surface area contributed by atoms with Crippen LogP contribution in [0.4, 0.5) is 0 Å². The molecule has 0 aliphatic rings. The van der Waals surface area contributed by atoms with Crippen molar-refractivity contribution in [2.45, 2.75) is 19.4 Å². The summed E-state index contributed by atoms with van der Waals surface area (Å²) < 4.78 is 0. The van der Waals surface area contributed by atoms with Crippen molar-refractivity contribution in [1.29, 1.82) is 0 Å². The minimum Gasteiger partial charge on any atom is -0.388 e. The first-order valence-corrected chi connectivity index (χ1v) is 4.23. The van der Waals surface area contributed by atoms with E-state index in [1.54, 1.807) is 6.08 Å². The van der Waals surface area contributed by atoms with E-state index in [1.165, 1.54) is 0 Å². The van der Waals surface area contributed by atoms with E-state index in [0.29, 0.717) is 0 Å². The van der Waals surface area contributed by atoms with Gasteiger partial charge in [0, 0.05) is 6.54 Å². The summed E-state index contributed by atoms with van der Waals surface area (Å²) in [6, 6.07) is 0. The van der Waals surface area contributed by atoms with E-state index < -0.39 is 0 Å². The third-order valence-corrected chi connectivity index (χ3v) is 1.80. The van der Waals surface area contributed by atoms with Crippen LogP contribution in [0.1, 0.15) is 13.3 Å². The zero-order valence-corrected chi connectivity index (χ0v) is 8.25. The van der Waals surface area contributed by atoms with Gasteiger partial charge in [-0.1, -0.05) is 18.7 Å². The van der Waals surface area contributed by atoms with Crippen LogP contribution in [0.3, 0.4) is 0 Å². The molecule has 0 aromatic carbocycles. The SMILES string of the molecule is C=C/C(=C\C)C(O)CCN(C)C. The molecule has 0 spiro atoms. The zero-order chi connectivity index (χ0) is 9.56. The molecule has 2 heteroatoms. The number of aliphatic hydroxyl groups is 1. The van der Waals surface area contributed by atoms with Crippen molar-refractivity contribution < 1.29 is 5.11 Å². The van der Waals surface area contributed by atoms with Gasteiger partial charge in [-0.05, 0) is 33.0 Å². The molecule has 0 aromatic heterocycles. The van der Waals surface area contributed by atoms with Crippen molar-refractivity contribution in [3.63, 3.8) is 0 Å². The highest BCUT2D eigenvalue weighted by Crippen LogP contribution is 2.07. The van der Waals surface area contributed by atoms with E-state index in [1.807, 2.05) is 27.1 Å². The maximum absolute atomic E-state index is 9.59. The van der Waals surface area contributed by atoms with Crippen LogP contribution in [0.2, 0.25) is 0 Å². The third-order valence-electron chi connectivity index (χ3n) is 1.80. The van der Waals surface area contributed by atoms with E-state index in [0.717, 1.165) is 18.5 Å². The lowest BCUT2D eigenvalue weighted by Crippen LogP contribution is -2.20. The van der Waals surface area contributed by atoms with Crippen LogP contribution in [0.25, 0.3) is 0 Å². The Kier molecular flexibility index (Phi) is 5.68. The van der Waals surface area contributed by atoms with Crippen molar-refractivity contribution in [3.05, 3.63) is 24.3 Å². The van der Waals surface area contributed by atoms with Gasteiger partial charge in [0.2, 0.25) is 0 Å². The summed E-state index contributed by atoms with van der Waals surface area (Å²) >= 11 is 0. The van der Waals surface area contributed by atoms with Gasteiger partial charge < -0.3 is 10.0 Å². The fourth-order valence-electron chi connectivity index (χ4n) is 0.993. The predicted molar refractivity (Wildman–Crippen MR) is 53.1 cm³/mol. The molecule has 1 unspecified atom stereocenters. The molecule has 0 bridgehead atoms. The molecule has 1 atom stereocenters. The number of rotatable bonds is 5. The van der Waals surface area contributed by atoms with Crippen molar-refractivity contribution in [2.24, 2.45) is 0 Å². The molecule has 2 nitrogen and oxygen atoms in total. The van der Waals surface area contributed by atoms with Crippen LogP contribution < -0.4 is 0 Å². The number of aliphatic hydroxyl groups excluding tert-OH is 1. The maximum atomic E-state index is 9.59. The Balaban J connectivity index is 3.85. The smallest absolute Gasteiger partial charge is 0.0798 e. The summed E-state index contributed by atoms with van der Waals surface area (Å²) in [5.74, 6) is 0. The van der Waals surface area contributed by atoms with Crippen molar-refractivity contribution in [2.75, 3.05) is 20.6 Å². The monoisotopic (exact) mass is 169 g/mol. The van der Waals surface area contributed by atoms with E-state index in [2.05, 4.69) is 11.5 Å². The number of nitrogens with zero attached hydrogens (tertiary/aromatic N) is 1. The Hall–Kier alpha value is -0.600. The fourth-order valence-corrected chi connectivity index (χ4v) is 0.993. The fraction of sp³-hybridized carbons (Fsp3) is 0.600. The van der Waals surface area contributed by atoms with Crippen LogP contribution in [0, 0.1) is 0 Å². The van der Waals surface area contributed by atoms with Crippen LogP contribution in [0.15, 0.2) is 24.3 Å². The zero-order valence-electron chi connectivity index (χ0n) is 8.25. The predicted octanol–water partition coefficient (Wildman–Crippen LogP) is 1.43. The Bertz CT molecular complexity index is 161. The Morgan fingerprint density at radius 2 is 2.17 bits per heavy atom. The standard InChI is InChI=1S/C10H19NO/c1-5-9(6-2)10(12)7-8-11(3)4/h5-6,10,12H,1,7-8H2,2-4H3/b9-6+. The second-order valence-corrected chi connectivity index (χ2v) is 3.10. The van der Waals surface area contributed by atoms with Gasteiger partial charge in [-0.25, -0.2) is 0 Å². The highest BCUT2D eigenvalue weighted by molar-refractivity contribution is 5.19. The van der Waals surface area contributed by atoms with Crippen LogP contribution in [-0.2, 0) is 0 Å². The van der Waals surface area contributed by atoms with Gasteiger partial charge in [0.05, 0.1) is 6.10 Å². The molecule has 0 aromatic rings. The molecule has 0 saturated carbocycles. The molecule has 12 heavy (non-hydrogen) atoms. The summed E-state index contributed by atoms with van der Waals surface area (Å²) in [7, 11) is 3.99. The van der Waals surface area contributed by atoms with Crippen molar-refractivity contribution in [1.82, 2.24) is 4.90 Å². The summed E-state index contributed by atoms with van der Waals surface area (Å²) in [4.78, 5) is 2.06. The molecule has 0 aliphatic carbocycles. The van der Waals surface area contributed by atoms with Gasteiger partial charge >= 0.3 is 0 Å². The van der Waals surface area contributed by atoms with E-state index in [4.69, 9.17) is 0 Å². The van der Waals surface area contributed by atoms with E-state index >= 15 is 0 Å². The van der Waals surface area contributed by atoms with Crippen molar-refractivity contribution in [3.8, 4) is 0 Å². The van der Waals surface area contributed by atoms with Gasteiger partial charge in [0.1, 0.15) is 0 Å². The molecule has 0 heterocycles.